The van der Waals surface area contributed by atoms with Crippen LogP contribution in [0.3, 0.4) is 0 Å². The second kappa shape index (κ2) is 7.25. The molecule has 0 heterocycles. The van der Waals surface area contributed by atoms with Crippen molar-refractivity contribution in [3.05, 3.63) is 53.6 Å². The zero-order valence-electron chi connectivity index (χ0n) is 14.2. The number of amides is 2. The highest BCUT2D eigenvalue weighted by Gasteiger charge is 2.23. The third-order valence-electron chi connectivity index (χ3n) is 3.96. The van der Waals surface area contributed by atoms with Gasteiger partial charge in [-0.1, -0.05) is 0 Å². The van der Waals surface area contributed by atoms with Gasteiger partial charge in [0.2, 0.25) is 0 Å². The highest BCUT2D eigenvalue weighted by molar-refractivity contribution is 6.05. The number of carbonyl (C=O) groups is 2. The number of ether oxygens (including phenoxy) is 2. The monoisotopic (exact) mass is 340 g/mol. The molecule has 3 rings (SSSR count). The number of methoxy groups -OCH3 is 2. The minimum atomic E-state index is -0.263. The Balaban J connectivity index is 1.67. The van der Waals surface area contributed by atoms with Crippen LogP contribution in [0.2, 0.25) is 0 Å². The standard InChI is InChI=1S/C19H20N2O4/c1-24-16-10-9-15(11-17(16)25-2)21-19(23)13-5-3-12(4-6-13)18(22)20-14-7-8-14/h3-6,9-11,14H,7-8H2,1-2H3,(H,20,22)(H,21,23). The molecule has 6 nitrogen and oxygen atoms in total. The van der Waals surface area contributed by atoms with E-state index >= 15 is 0 Å². The summed E-state index contributed by atoms with van der Waals surface area (Å²) in [5.74, 6) is 0.759. The molecule has 2 N–H and O–H groups in total. The molecule has 2 aromatic carbocycles. The lowest BCUT2D eigenvalue weighted by molar-refractivity contribution is 0.0949. The zero-order valence-corrected chi connectivity index (χ0v) is 14.2. The van der Waals surface area contributed by atoms with Gasteiger partial charge in [-0.05, 0) is 49.2 Å². The smallest absolute Gasteiger partial charge is 0.255 e. The Kier molecular flexibility index (Phi) is 4.88. The van der Waals surface area contributed by atoms with Gasteiger partial charge in [-0.2, -0.15) is 0 Å². The molecule has 0 spiro atoms. The molecule has 6 heteroatoms. The van der Waals surface area contributed by atoms with Crippen molar-refractivity contribution in [2.45, 2.75) is 18.9 Å². The maximum atomic E-state index is 12.4. The topological polar surface area (TPSA) is 76.7 Å². The number of rotatable bonds is 6. The fourth-order valence-corrected chi connectivity index (χ4v) is 2.39. The van der Waals surface area contributed by atoms with Gasteiger partial charge in [-0.15, -0.1) is 0 Å². The summed E-state index contributed by atoms with van der Waals surface area (Å²) in [6, 6.07) is 12.0. The van der Waals surface area contributed by atoms with Gasteiger partial charge < -0.3 is 20.1 Å². The molecule has 0 aliphatic heterocycles. The summed E-state index contributed by atoms with van der Waals surface area (Å²) in [5.41, 5.74) is 1.62. The molecular weight excluding hydrogens is 320 g/mol. The van der Waals surface area contributed by atoms with Crippen LogP contribution in [-0.2, 0) is 0 Å². The average molecular weight is 340 g/mol. The molecule has 2 aromatic rings. The van der Waals surface area contributed by atoms with Gasteiger partial charge in [0.25, 0.3) is 11.8 Å². The first-order valence-corrected chi connectivity index (χ1v) is 8.05. The summed E-state index contributed by atoms with van der Waals surface area (Å²) in [7, 11) is 3.09. The normalized spacial score (nSPS) is 13.0. The second-order valence-corrected chi connectivity index (χ2v) is 5.85. The zero-order chi connectivity index (χ0) is 17.8. The van der Waals surface area contributed by atoms with E-state index in [1.165, 1.54) is 7.11 Å². The molecule has 1 aliphatic carbocycles. The molecule has 1 aliphatic rings. The van der Waals surface area contributed by atoms with Crippen LogP contribution >= 0.6 is 0 Å². The van der Waals surface area contributed by atoms with E-state index in [1.807, 2.05) is 0 Å². The lowest BCUT2D eigenvalue weighted by Gasteiger charge is -2.11. The number of hydrogen-bond acceptors (Lipinski definition) is 4. The SMILES string of the molecule is COc1ccc(NC(=O)c2ccc(C(=O)NC3CC3)cc2)cc1OC. The average Bonchev–Trinajstić information content (AvgIpc) is 3.45. The van der Waals surface area contributed by atoms with Crippen molar-refractivity contribution in [1.29, 1.82) is 0 Å². The number of hydrogen-bond donors (Lipinski definition) is 2. The molecule has 0 atom stereocenters. The van der Waals surface area contributed by atoms with Crippen LogP contribution in [0.15, 0.2) is 42.5 Å². The van der Waals surface area contributed by atoms with Gasteiger partial charge in [0, 0.05) is 28.9 Å². The molecule has 130 valence electrons. The van der Waals surface area contributed by atoms with E-state index in [4.69, 9.17) is 9.47 Å². The highest BCUT2D eigenvalue weighted by atomic mass is 16.5. The van der Waals surface area contributed by atoms with Crippen molar-refractivity contribution in [3.63, 3.8) is 0 Å². The van der Waals surface area contributed by atoms with Gasteiger partial charge >= 0.3 is 0 Å². The van der Waals surface area contributed by atoms with Gasteiger partial charge in [0.05, 0.1) is 14.2 Å². The summed E-state index contributed by atoms with van der Waals surface area (Å²) in [5, 5.41) is 5.72. The molecule has 0 bridgehead atoms. The van der Waals surface area contributed by atoms with Gasteiger partial charge in [0.15, 0.2) is 11.5 Å². The molecule has 0 aromatic heterocycles. The minimum Gasteiger partial charge on any atom is -0.493 e. The first-order chi connectivity index (χ1) is 12.1. The number of benzene rings is 2. The molecule has 25 heavy (non-hydrogen) atoms. The highest BCUT2D eigenvalue weighted by Crippen LogP contribution is 2.29. The predicted molar refractivity (Wildman–Crippen MR) is 94.4 cm³/mol. The maximum Gasteiger partial charge on any atom is 0.255 e. The minimum absolute atomic E-state index is 0.102. The van der Waals surface area contributed by atoms with Crippen LogP contribution in [0.1, 0.15) is 33.6 Å². The fourth-order valence-electron chi connectivity index (χ4n) is 2.39. The maximum absolute atomic E-state index is 12.4. The quantitative estimate of drug-likeness (QED) is 0.848. The largest absolute Gasteiger partial charge is 0.493 e. The predicted octanol–water partition coefficient (Wildman–Crippen LogP) is 2.85. The Morgan fingerprint density at radius 1 is 0.880 bits per heavy atom. The van der Waals surface area contributed by atoms with E-state index in [0.29, 0.717) is 34.4 Å². The summed E-state index contributed by atoms with van der Waals surface area (Å²) in [6.07, 6.45) is 2.08. The molecule has 2 amide bonds. The number of nitrogens with one attached hydrogen (secondary N) is 2. The second-order valence-electron chi connectivity index (χ2n) is 5.85. The third kappa shape index (κ3) is 4.09. The van der Waals surface area contributed by atoms with Crippen LogP contribution in [0.4, 0.5) is 5.69 Å². The van der Waals surface area contributed by atoms with E-state index < -0.39 is 0 Å². The van der Waals surface area contributed by atoms with Crippen LogP contribution < -0.4 is 20.1 Å². The number of anilines is 1. The van der Waals surface area contributed by atoms with Gasteiger partial charge in [0.1, 0.15) is 0 Å². The van der Waals surface area contributed by atoms with Crippen LogP contribution in [0.5, 0.6) is 11.5 Å². The van der Waals surface area contributed by atoms with Crippen LogP contribution in [0, 0.1) is 0 Å². The van der Waals surface area contributed by atoms with Crippen molar-refractivity contribution in [2.75, 3.05) is 19.5 Å². The van der Waals surface area contributed by atoms with E-state index in [0.717, 1.165) is 12.8 Å². The van der Waals surface area contributed by atoms with Crippen molar-refractivity contribution in [3.8, 4) is 11.5 Å². The van der Waals surface area contributed by atoms with Crippen molar-refractivity contribution < 1.29 is 19.1 Å². The molecular formula is C19H20N2O4. The van der Waals surface area contributed by atoms with Crippen molar-refractivity contribution >= 4 is 17.5 Å². The molecule has 0 radical (unpaired) electrons. The Morgan fingerprint density at radius 3 is 2.04 bits per heavy atom. The lowest BCUT2D eigenvalue weighted by atomic mass is 10.1. The van der Waals surface area contributed by atoms with Crippen molar-refractivity contribution in [1.82, 2.24) is 5.32 Å². The van der Waals surface area contributed by atoms with E-state index in [1.54, 1.807) is 49.6 Å². The molecule has 0 saturated heterocycles. The first kappa shape index (κ1) is 16.8. The van der Waals surface area contributed by atoms with Crippen LogP contribution in [0.25, 0.3) is 0 Å². The van der Waals surface area contributed by atoms with Gasteiger partial charge in [-0.25, -0.2) is 0 Å². The third-order valence-corrected chi connectivity index (χ3v) is 3.96. The molecule has 1 fully saturated rings. The van der Waals surface area contributed by atoms with E-state index in [9.17, 15) is 9.59 Å². The van der Waals surface area contributed by atoms with E-state index in [-0.39, 0.29) is 11.8 Å². The lowest BCUT2D eigenvalue weighted by Crippen LogP contribution is -2.25. The Labute approximate surface area is 146 Å². The Hall–Kier alpha value is -3.02. The Bertz CT molecular complexity index is 783. The molecule has 0 unspecified atom stereocenters. The summed E-state index contributed by atoms with van der Waals surface area (Å²) >= 11 is 0. The number of carbonyl (C=O) groups excluding carboxylic acids is 2. The fraction of sp³-hybridized carbons (Fsp3) is 0.263. The Morgan fingerprint density at radius 2 is 1.48 bits per heavy atom. The summed E-state index contributed by atoms with van der Waals surface area (Å²) < 4.78 is 10.4. The van der Waals surface area contributed by atoms with Gasteiger partial charge in [-0.3, -0.25) is 9.59 Å². The van der Waals surface area contributed by atoms with Crippen LogP contribution in [-0.4, -0.2) is 32.1 Å². The first-order valence-electron chi connectivity index (χ1n) is 8.05. The van der Waals surface area contributed by atoms with E-state index in [2.05, 4.69) is 10.6 Å². The summed E-state index contributed by atoms with van der Waals surface area (Å²) in [6.45, 7) is 0. The summed E-state index contributed by atoms with van der Waals surface area (Å²) in [4.78, 5) is 24.3. The van der Waals surface area contributed by atoms with Crippen molar-refractivity contribution in [2.24, 2.45) is 0 Å². The molecule has 1 saturated carbocycles.